The number of ether oxygens (including phenoxy) is 2. The second-order valence-electron chi connectivity index (χ2n) is 4.63. The molecule has 2 aromatic carbocycles. The Bertz CT molecular complexity index is 639. The van der Waals surface area contributed by atoms with Crippen LogP contribution in [0, 0.1) is 6.92 Å². The summed E-state index contributed by atoms with van der Waals surface area (Å²) < 4.78 is 11.6. The van der Waals surface area contributed by atoms with Gasteiger partial charge < -0.3 is 9.47 Å². The van der Waals surface area contributed by atoms with Crippen LogP contribution in [-0.2, 0) is 0 Å². The van der Waals surface area contributed by atoms with Crippen LogP contribution < -0.4 is 9.47 Å². The van der Waals surface area contributed by atoms with Crippen molar-refractivity contribution in [3.63, 3.8) is 0 Å². The zero-order chi connectivity index (χ0) is 15.6. The molecule has 112 valence electrons. The van der Waals surface area contributed by atoms with Crippen LogP contribution in [0.3, 0.4) is 0 Å². The third kappa shape index (κ3) is 3.55. The number of benzene rings is 2. The van der Waals surface area contributed by atoms with E-state index in [1.54, 1.807) is 14.2 Å². The van der Waals surface area contributed by atoms with Crippen molar-refractivity contribution < 1.29 is 9.47 Å². The third-order valence-electron chi connectivity index (χ3n) is 3.15. The predicted octanol–water partition coefficient (Wildman–Crippen LogP) is 5.91. The molecule has 2 aromatic rings. The second-order valence-corrected chi connectivity index (χ2v) is 6.77. The number of aryl methyl sites for hydroxylation is 1. The summed E-state index contributed by atoms with van der Waals surface area (Å²) in [5.41, 5.74) is 3.20. The van der Waals surface area contributed by atoms with Gasteiger partial charge in [0.05, 0.1) is 19.0 Å². The molecule has 1 atom stereocenters. The number of halogens is 3. The van der Waals surface area contributed by atoms with E-state index in [-0.39, 0.29) is 4.83 Å². The van der Waals surface area contributed by atoms with Crippen molar-refractivity contribution in [3.05, 3.63) is 56.5 Å². The van der Waals surface area contributed by atoms with Gasteiger partial charge in [0.25, 0.3) is 0 Å². The maximum absolute atomic E-state index is 6.15. The molecule has 0 saturated heterocycles. The van der Waals surface area contributed by atoms with E-state index in [4.69, 9.17) is 21.1 Å². The van der Waals surface area contributed by atoms with Crippen LogP contribution in [0.25, 0.3) is 0 Å². The summed E-state index contributed by atoms with van der Waals surface area (Å²) in [4.78, 5) is -0.0212. The predicted molar refractivity (Wildman–Crippen MR) is 94.2 cm³/mol. The summed E-state index contributed by atoms with van der Waals surface area (Å²) >= 11 is 13.4. The Kier molecular flexibility index (Phi) is 5.58. The molecule has 21 heavy (non-hydrogen) atoms. The minimum atomic E-state index is -0.0212. The fourth-order valence-corrected chi connectivity index (χ4v) is 3.82. The van der Waals surface area contributed by atoms with E-state index in [1.807, 2.05) is 31.2 Å². The maximum atomic E-state index is 6.15. The Morgan fingerprint density at radius 2 is 1.81 bits per heavy atom. The van der Waals surface area contributed by atoms with Crippen LogP contribution in [0.1, 0.15) is 21.5 Å². The molecule has 0 aliphatic heterocycles. The average Bonchev–Trinajstić information content (AvgIpc) is 2.45. The quantitative estimate of drug-likeness (QED) is 0.557. The lowest BCUT2D eigenvalue weighted by molar-refractivity contribution is 0.386. The lowest BCUT2D eigenvalue weighted by Crippen LogP contribution is -2.00. The largest absolute Gasteiger partial charge is 0.495 e. The van der Waals surface area contributed by atoms with Gasteiger partial charge in [0.1, 0.15) is 16.0 Å². The lowest BCUT2D eigenvalue weighted by atomic mass is 10.0. The number of hydrogen-bond acceptors (Lipinski definition) is 2. The van der Waals surface area contributed by atoms with Crippen molar-refractivity contribution >= 4 is 43.5 Å². The van der Waals surface area contributed by atoms with Gasteiger partial charge in [-0.3, -0.25) is 0 Å². The Balaban J connectivity index is 2.52. The standard InChI is InChI=1S/C16H15Br2ClO2/c1-9-6-10(8-11(19)7-9)14(17)12-4-5-13(20-2)15(18)16(12)21-3/h4-8,14H,1-3H3. The molecule has 5 heteroatoms. The van der Waals surface area contributed by atoms with Crippen LogP contribution in [0.4, 0.5) is 0 Å². The highest BCUT2D eigenvalue weighted by molar-refractivity contribution is 9.10. The smallest absolute Gasteiger partial charge is 0.141 e. The lowest BCUT2D eigenvalue weighted by Gasteiger charge is -2.18. The van der Waals surface area contributed by atoms with E-state index in [0.717, 1.165) is 37.7 Å². The van der Waals surface area contributed by atoms with E-state index in [0.29, 0.717) is 0 Å². The third-order valence-corrected chi connectivity index (χ3v) is 5.14. The van der Waals surface area contributed by atoms with Crippen molar-refractivity contribution in [1.29, 1.82) is 0 Å². The van der Waals surface area contributed by atoms with E-state index in [9.17, 15) is 0 Å². The number of hydrogen-bond donors (Lipinski definition) is 0. The molecule has 0 fully saturated rings. The molecule has 1 unspecified atom stereocenters. The normalized spacial score (nSPS) is 12.1. The molecule has 0 spiro atoms. The Labute approximate surface area is 146 Å². The van der Waals surface area contributed by atoms with Crippen LogP contribution in [0.5, 0.6) is 11.5 Å². The molecular formula is C16H15Br2ClO2. The second kappa shape index (κ2) is 7.03. The summed E-state index contributed by atoms with van der Waals surface area (Å²) in [7, 11) is 3.27. The number of rotatable bonds is 4. The minimum Gasteiger partial charge on any atom is -0.495 e. The van der Waals surface area contributed by atoms with Gasteiger partial charge in [0.15, 0.2) is 0 Å². The molecule has 0 radical (unpaired) electrons. The van der Waals surface area contributed by atoms with Gasteiger partial charge in [-0.15, -0.1) is 0 Å². The minimum absolute atomic E-state index is 0.0212. The molecule has 0 amide bonds. The van der Waals surface area contributed by atoms with Crippen molar-refractivity contribution in [2.75, 3.05) is 14.2 Å². The topological polar surface area (TPSA) is 18.5 Å². The first kappa shape index (κ1) is 16.7. The molecule has 0 saturated carbocycles. The summed E-state index contributed by atoms with van der Waals surface area (Å²) in [6.07, 6.45) is 0. The number of alkyl halides is 1. The van der Waals surface area contributed by atoms with Gasteiger partial charge in [-0.05, 0) is 52.2 Å². The van der Waals surface area contributed by atoms with Gasteiger partial charge in [0.2, 0.25) is 0 Å². The van der Waals surface area contributed by atoms with Gasteiger partial charge in [-0.25, -0.2) is 0 Å². The number of methoxy groups -OCH3 is 2. The van der Waals surface area contributed by atoms with Crippen molar-refractivity contribution in [2.24, 2.45) is 0 Å². The van der Waals surface area contributed by atoms with Crippen LogP contribution in [0.2, 0.25) is 5.02 Å². The highest BCUT2D eigenvalue weighted by Gasteiger charge is 2.20. The summed E-state index contributed by atoms with van der Waals surface area (Å²) in [5.74, 6) is 1.48. The maximum Gasteiger partial charge on any atom is 0.141 e. The molecule has 0 aliphatic rings. The zero-order valence-corrected chi connectivity index (χ0v) is 15.8. The van der Waals surface area contributed by atoms with Gasteiger partial charge in [-0.1, -0.05) is 39.7 Å². The average molecular weight is 435 g/mol. The van der Waals surface area contributed by atoms with Gasteiger partial charge >= 0.3 is 0 Å². The fourth-order valence-electron chi connectivity index (χ4n) is 2.21. The Morgan fingerprint density at radius 1 is 1.10 bits per heavy atom. The van der Waals surface area contributed by atoms with E-state index in [1.165, 1.54) is 0 Å². The molecule has 2 rings (SSSR count). The summed E-state index contributed by atoms with van der Waals surface area (Å²) in [6, 6.07) is 9.88. The molecule has 2 nitrogen and oxygen atoms in total. The Hall–Kier alpha value is -0.710. The van der Waals surface area contributed by atoms with Gasteiger partial charge in [-0.2, -0.15) is 0 Å². The molecule has 0 heterocycles. The monoisotopic (exact) mass is 432 g/mol. The van der Waals surface area contributed by atoms with E-state index in [2.05, 4.69) is 37.9 Å². The first-order valence-corrected chi connectivity index (χ1v) is 8.38. The van der Waals surface area contributed by atoms with Crippen LogP contribution in [0.15, 0.2) is 34.8 Å². The summed E-state index contributed by atoms with van der Waals surface area (Å²) in [6.45, 7) is 2.02. The van der Waals surface area contributed by atoms with Crippen molar-refractivity contribution in [3.8, 4) is 11.5 Å². The highest BCUT2D eigenvalue weighted by atomic mass is 79.9. The molecule has 0 aliphatic carbocycles. The van der Waals surface area contributed by atoms with Gasteiger partial charge in [0, 0.05) is 10.6 Å². The molecular weight excluding hydrogens is 419 g/mol. The summed E-state index contributed by atoms with van der Waals surface area (Å²) in [5, 5.41) is 0.723. The van der Waals surface area contributed by atoms with Crippen LogP contribution in [-0.4, -0.2) is 14.2 Å². The van der Waals surface area contributed by atoms with Crippen molar-refractivity contribution in [2.45, 2.75) is 11.8 Å². The first-order valence-electron chi connectivity index (χ1n) is 6.29. The molecule has 0 bridgehead atoms. The zero-order valence-electron chi connectivity index (χ0n) is 11.9. The van der Waals surface area contributed by atoms with Crippen LogP contribution >= 0.6 is 43.5 Å². The first-order chi connectivity index (χ1) is 9.97. The fraction of sp³-hybridized carbons (Fsp3) is 0.250. The van der Waals surface area contributed by atoms with Crippen molar-refractivity contribution in [1.82, 2.24) is 0 Å². The Morgan fingerprint density at radius 3 is 2.38 bits per heavy atom. The SMILES string of the molecule is COc1ccc(C(Br)c2cc(C)cc(Cl)c2)c(OC)c1Br. The highest BCUT2D eigenvalue weighted by Crippen LogP contribution is 2.44. The van der Waals surface area contributed by atoms with E-state index < -0.39 is 0 Å². The molecule has 0 N–H and O–H groups in total. The molecule has 0 aromatic heterocycles. The van der Waals surface area contributed by atoms with E-state index >= 15 is 0 Å².